The number of hydrogen-bond acceptors (Lipinski definition) is 4. The lowest BCUT2D eigenvalue weighted by molar-refractivity contribution is 0.0954. The quantitative estimate of drug-likeness (QED) is 0.651. The molecular formula is C18H19FN2O3. The summed E-state index contributed by atoms with van der Waals surface area (Å²) in [6.45, 7) is 5.40. The van der Waals surface area contributed by atoms with Crippen LogP contribution in [0.2, 0.25) is 0 Å². The van der Waals surface area contributed by atoms with Crippen LogP contribution < -0.4 is 10.2 Å². The Labute approximate surface area is 139 Å². The second-order valence-electron chi connectivity index (χ2n) is 5.49. The van der Waals surface area contributed by atoms with E-state index in [2.05, 4.69) is 10.5 Å². The second-order valence-corrected chi connectivity index (χ2v) is 5.49. The summed E-state index contributed by atoms with van der Waals surface area (Å²) in [6, 6.07) is 10.2. The van der Waals surface area contributed by atoms with E-state index in [1.807, 2.05) is 13.8 Å². The van der Waals surface area contributed by atoms with Crippen molar-refractivity contribution >= 4 is 11.6 Å². The largest absolute Gasteiger partial charge is 0.507 e. The highest BCUT2D eigenvalue weighted by atomic mass is 19.1. The molecule has 0 radical (unpaired) electrons. The predicted octanol–water partition coefficient (Wildman–Crippen LogP) is 3.47. The molecular weight excluding hydrogens is 311 g/mol. The number of phenols is 1. The van der Waals surface area contributed by atoms with Crippen LogP contribution in [-0.4, -0.2) is 22.8 Å². The van der Waals surface area contributed by atoms with Crippen molar-refractivity contribution in [2.24, 2.45) is 5.10 Å². The van der Waals surface area contributed by atoms with Crippen LogP contribution in [0.4, 0.5) is 4.39 Å². The van der Waals surface area contributed by atoms with E-state index >= 15 is 0 Å². The number of hydrazone groups is 1. The molecule has 5 nitrogen and oxygen atoms in total. The first-order chi connectivity index (χ1) is 11.4. The third kappa shape index (κ3) is 4.55. The van der Waals surface area contributed by atoms with Gasteiger partial charge in [-0.2, -0.15) is 5.10 Å². The minimum absolute atomic E-state index is 0.0517. The number of phenolic OH excluding ortho intramolecular Hbond substituents is 1. The Hall–Kier alpha value is -2.89. The topological polar surface area (TPSA) is 70.9 Å². The van der Waals surface area contributed by atoms with Gasteiger partial charge in [0.1, 0.15) is 17.3 Å². The lowest BCUT2D eigenvalue weighted by atomic mass is 10.1. The lowest BCUT2D eigenvalue weighted by Gasteiger charge is -2.09. The van der Waals surface area contributed by atoms with Crippen LogP contribution in [0, 0.1) is 5.82 Å². The number of aromatic hydroxyl groups is 1. The molecule has 2 N–H and O–H groups in total. The first-order valence-electron chi connectivity index (χ1n) is 7.47. The molecule has 0 aromatic heterocycles. The summed E-state index contributed by atoms with van der Waals surface area (Å²) in [5, 5.41) is 13.6. The SMILES string of the molecule is C/C(=N\NC(=O)c1ccc(OC(C)C)cc1)c1cc(F)ccc1O. The maximum absolute atomic E-state index is 13.2. The van der Waals surface area contributed by atoms with Crippen LogP contribution in [0.25, 0.3) is 0 Å². The number of carbonyl (C=O) groups excluding carboxylic acids is 1. The zero-order valence-electron chi connectivity index (χ0n) is 13.7. The van der Waals surface area contributed by atoms with E-state index in [0.29, 0.717) is 17.0 Å². The van der Waals surface area contributed by atoms with E-state index < -0.39 is 11.7 Å². The summed E-state index contributed by atoms with van der Waals surface area (Å²) in [5.41, 5.74) is 3.30. The molecule has 24 heavy (non-hydrogen) atoms. The maximum atomic E-state index is 13.2. The van der Waals surface area contributed by atoms with Crippen molar-refractivity contribution < 1.29 is 19.0 Å². The fraction of sp³-hybridized carbons (Fsp3) is 0.222. The predicted molar refractivity (Wildman–Crippen MR) is 89.9 cm³/mol. The zero-order valence-corrected chi connectivity index (χ0v) is 13.7. The second kappa shape index (κ2) is 7.59. The van der Waals surface area contributed by atoms with Gasteiger partial charge in [0.25, 0.3) is 5.91 Å². The standard InChI is InChI=1S/C18H19FN2O3/c1-11(2)24-15-7-4-13(5-8-15)18(23)21-20-12(3)16-10-14(19)6-9-17(16)22/h4-11,22H,1-3H3,(H,21,23)/b20-12+. The smallest absolute Gasteiger partial charge is 0.271 e. The average Bonchev–Trinajstić information content (AvgIpc) is 2.54. The van der Waals surface area contributed by atoms with Crippen molar-refractivity contribution in [2.75, 3.05) is 0 Å². The van der Waals surface area contributed by atoms with Gasteiger partial charge in [0.05, 0.1) is 11.8 Å². The van der Waals surface area contributed by atoms with Gasteiger partial charge in [-0.15, -0.1) is 0 Å². The van der Waals surface area contributed by atoms with Crippen molar-refractivity contribution in [3.63, 3.8) is 0 Å². The van der Waals surface area contributed by atoms with Crippen molar-refractivity contribution in [3.8, 4) is 11.5 Å². The minimum atomic E-state index is -0.496. The van der Waals surface area contributed by atoms with E-state index in [0.717, 1.165) is 12.1 Å². The Morgan fingerprint density at radius 2 is 1.88 bits per heavy atom. The van der Waals surface area contributed by atoms with Gasteiger partial charge in [0.2, 0.25) is 0 Å². The summed E-state index contributed by atoms with van der Waals surface area (Å²) in [4.78, 5) is 12.1. The number of rotatable bonds is 5. The van der Waals surface area contributed by atoms with Crippen molar-refractivity contribution in [1.82, 2.24) is 5.43 Å². The number of hydrogen-bond donors (Lipinski definition) is 2. The molecule has 0 aliphatic heterocycles. The number of nitrogens with zero attached hydrogens (tertiary/aromatic N) is 1. The molecule has 0 unspecified atom stereocenters. The average molecular weight is 330 g/mol. The van der Waals surface area contributed by atoms with Crippen molar-refractivity contribution in [2.45, 2.75) is 26.9 Å². The van der Waals surface area contributed by atoms with Gasteiger partial charge < -0.3 is 9.84 Å². The van der Waals surface area contributed by atoms with Gasteiger partial charge in [0, 0.05) is 11.1 Å². The van der Waals surface area contributed by atoms with Gasteiger partial charge in [-0.25, -0.2) is 9.82 Å². The molecule has 0 spiro atoms. The van der Waals surface area contributed by atoms with Crippen LogP contribution in [0.3, 0.4) is 0 Å². The number of ether oxygens (including phenoxy) is 1. The molecule has 2 aromatic rings. The Morgan fingerprint density at radius 1 is 1.21 bits per heavy atom. The highest BCUT2D eigenvalue weighted by Crippen LogP contribution is 2.18. The highest BCUT2D eigenvalue weighted by Gasteiger charge is 2.09. The monoisotopic (exact) mass is 330 g/mol. The van der Waals surface area contributed by atoms with Crippen LogP contribution in [-0.2, 0) is 0 Å². The van der Waals surface area contributed by atoms with Gasteiger partial charge in [-0.1, -0.05) is 0 Å². The first kappa shape index (κ1) is 17.5. The number of amides is 1. The normalized spacial score (nSPS) is 11.5. The summed E-state index contributed by atoms with van der Waals surface area (Å²) in [5.74, 6) is -0.348. The fourth-order valence-corrected chi connectivity index (χ4v) is 2.01. The summed E-state index contributed by atoms with van der Waals surface area (Å²) in [7, 11) is 0. The van der Waals surface area contributed by atoms with Crippen molar-refractivity contribution in [3.05, 3.63) is 59.4 Å². The Kier molecular flexibility index (Phi) is 5.52. The molecule has 2 aromatic carbocycles. The number of nitrogens with one attached hydrogen (secondary N) is 1. The van der Waals surface area contributed by atoms with E-state index in [1.165, 1.54) is 6.07 Å². The molecule has 0 saturated heterocycles. The molecule has 6 heteroatoms. The highest BCUT2D eigenvalue weighted by molar-refractivity contribution is 6.02. The summed E-state index contributed by atoms with van der Waals surface area (Å²) >= 11 is 0. The molecule has 0 bridgehead atoms. The van der Waals surface area contributed by atoms with E-state index in [-0.39, 0.29) is 17.4 Å². The minimum Gasteiger partial charge on any atom is -0.507 e. The van der Waals surface area contributed by atoms with Gasteiger partial charge >= 0.3 is 0 Å². The lowest BCUT2D eigenvalue weighted by Crippen LogP contribution is -2.19. The fourth-order valence-electron chi connectivity index (χ4n) is 2.01. The number of benzene rings is 2. The Morgan fingerprint density at radius 3 is 2.50 bits per heavy atom. The van der Waals surface area contributed by atoms with Gasteiger partial charge in [-0.3, -0.25) is 4.79 Å². The molecule has 1 amide bonds. The first-order valence-corrected chi connectivity index (χ1v) is 7.47. The summed E-state index contributed by atoms with van der Waals surface area (Å²) in [6.07, 6.45) is 0.0517. The molecule has 0 aliphatic carbocycles. The van der Waals surface area contributed by atoms with Crippen LogP contribution >= 0.6 is 0 Å². The number of carbonyl (C=O) groups is 1. The van der Waals surface area contributed by atoms with Crippen LogP contribution in [0.5, 0.6) is 11.5 Å². The third-order valence-corrected chi connectivity index (χ3v) is 3.16. The van der Waals surface area contributed by atoms with Crippen LogP contribution in [0.15, 0.2) is 47.6 Å². The molecule has 0 heterocycles. The molecule has 2 rings (SSSR count). The summed E-state index contributed by atoms with van der Waals surface area (Å²) < 4.78 is 18.7. The Bertz CT molecular complexity index is 755. The Balaban J connectivity index is 2.07. The third-order valence-electron chi connectivity index (χ3n) is 3.16. The number of halogens is 1. The van der Waals surface area contributed by atoms with Crippen molar-refractivity contribution in [1.29, 1.82) is 0 Å². The molecule has 126 valence electrons. The van der Waals surface area contributed by atoms with Crippen LogP contribution in [0.1, 0.15) is 36.7 Å². The van der Waals surface area contributed by atoms with Gasteiger partial charge in [0.15, 0.2) is 0 Å². The van der Waals surface area contributed by atoms with Gasteiger partial charge in [-0.05, 0) is 63.2 Å². The maximum Gasteiger partial charge on any atom is 0.271 e. The molecule has 0 fully saturated rings. The molecule has 0 aliphatic rings. The van der Waals surface area contributed by atoms with E-state index in [9.17, 15) is 14.3 Å². The molecule has 0 saturated carbocycles. The zero-order chi connectivity index (χ0) is 17.7. The van der Waals surface area contributed by atoms with E-state index in [4.69, 9.17) is 4.74 Å². The van der Waals surface area contributed by atoms with E-state index in [1.54, 1.807) is 31.2 Å². The molecule has 0 atom stereocenters.